The lowest BCUT2D eigenvalue weighted by molar-refractivity contribution is -1.02. The van der Waals surface area contributed by atoms with Crippen molar-refractivity contribution in [2.24, 2.45) is 0 Å². The van der Waals surface area contributed by atoms with Gasteiger partial charge in [0, 0.05) is 10.4 Å². The van der Waals surface area contributed by atoms with Crippen molar-refractivity contribution < 1.29 is 24.1 Å². The summed E-state index contributed by atoms with van der Waals surface area (Å²) in [6, 6.07) is 8.33. The summed E-state index contributed by atoms with van der Waals surface area (Å²) < 4.78 is 10.8. The molecule has 1 aliphatic rings. The SMILES string of the molecule is COc1cc(C)c(C[NH+]2CC[NH+](CC(=O)N[C@H](C)c3cccs3)CC2)cc1OC. The number of nitrogens with one attached hydrogen (secondary N) is 3. The summed E-state index contributed by atoms with van der Waals surface area (Å²) in [6.07, 6.45) is 0. The van der Waals surface area contributed by atoms with Crippen LogP contribution in [0.25, 0.3) is 0 Å². The van der Waals surface area contributed by atoms with Gasteiger partial charge in [-0.15, -0.1) is 11.3 Å². The highest BCUT2D eigenvalue weighted by molar-refractivity contribution is 7.10. The minimum atomic E-state index is 0.0850. The van der Waals surface area contributed by atoms with Crippen molar-refractivity contribution in [2.45, 2.75) is 26.4 Å². The average Bonchev–Trinajstić information content (AvgIpc) is 3.25. The van der Waals surface area contributed by atoms with Gasteiger partial charge < -0.3 is 24.6 Å². The minimum absolute atomic E-state index is 0.0850. The number of aryl methyl sites for hydroxylation is 1. The fourth-order valence-corrected chi connectivity index (χ4v) is 4.66. The van der Waals surface area contributed by atoms with Crippen LogP contribution in [0.15, 0.2) is 29.6 Å². The van der Waals surface area contributed by atoms with E-state index in [1.807, 2.05) is 24.4 Å². The first-order valence-corrected chi connectivity index (χ1v) is 11.1. The number of hydrogen-bond acceptors (Lipinski definition) is 4. The quantitative estimate of drug-likeness (QED) is 0.574. The third-order valence-electron chi connectivity index (χ3n) is 5.70. The van der Waals surface area contributed by atoms with Gasteiger partial charge in [-0.2, -0.15) is 0 Å². The number of benzene rings is 1. The summed E-state index contributed by atoms with van der Waals surface area (Å²) in [6.45, 7) is 9.86. The molecule has 0 aliphatic carbocycles. The fourth-order valence-electron chi connectivity index (χ4n) is 3.92. The molecule has 2 aromatic rings. The van der Waals surface area contributed by atoms with E-state index in [9.17, 15) is 4.79 Å². The van der Waals surface area contributed by atoms with E-state index in [4.69, 9.17) is 9.47 Å². The highest BCUT2D eigenvalue weighted by Gasteiger charge is 2.26. The van der Waals surface area contributed by atoms with E-state index in [1.54, 1.807) is 30.5 Å². The molecule has 0 saturated carbocycles. The molecule has 3 N–H and O–H groups in total. The van der Waals surface area contributed by atoms with Crippen LogP contribution in [0, 0.1) is 6.92 Å². The van der Waals surface area contributed by atoms with Gasteiger partial charge in [0.25, 0.3) is 5.91 Å². The molecule has 1 fully saturated rings. The van der Waals surface area contributed by atoms with Crippen LogP contribution in [-0.2, 0) is 11.3 Å². The molecule has 1 amide bonds. The largest absolute Gasteiger partial charge is 0.493 e. The topological polar surface area (TPSA) is 56.4 Å². The molecule has 0 unspecified atom stereocenters. The van der Waals surface area contributed by atoms with Crippen molar-refractivity contribution >= 4 is 17.2 Å². The lowest BCUT2D eigenvalue weighted by Crippen LogP contribution is -3.28. The van der Waals surface area contributed by atoms with Crippen molar-refractivity contribution in [3.63, 3.8) is 0 Å². The average molecular weight is 420 g/mol. The maximum absolute atomic E-state index is 12.4. The molecule has 1 aliphatic heterocycles. The normalized spacial score (nSPS) is 20.1. The van der Waals surface area contributed by atoms with Gasteiger partial charge in [0.2, 0.25) is 0 Å². The van der Waals surface area contributed by atoms with E-state index in [0.717, 1.165) is 44.2 Å². The molecule has 6 nitrogen and oxygen atoms in total. The van der Waals surface area contributed by atoms with Crippen molar-refractivity contribution in [2.75, 3.05) is 46.9 Å². The van der Waals surface area contributed by atoms with Crippen LogP contribution in [0.4, 0.5) is 0 Å². The molecule has 0 spiro atoms. The number of hydrogen-bond donors (Lipinski definition) is 3. The van der Waals surface area contributed by atoms with Gasteiger partial charge in [-0.1, -0.05) is 6.07 Å². The Morgan fingerprint density at radius 3 is 2.41 bits per heavy atom. The zero-order valence-electron chi connectivity index (χ0n) is 17.8. The Balaban J connectivity index is 1.47. The number of ether oxygens (including phenoxy) is 2. The first-order chi connectivity index (χ1) is 14.0. The lowest BCUT2D eigenvalue weighted by Gasteiger charge is -2.30. The van der Waals surface area contributed by atoms with Crippen molar-refractivity contribution in [3.05, 3.63) is 45.6 Å². The van der Waals surface area contributed by atoms with Gasteiger partial charge in [0.1, 0.15) is 32.7 Å². The Morgan fingerprint density at radius 2 is 1.79 bits per heavy atom. The highest BCUT2D eigenvalue weighted by atomic mass is 32.1. The Morgan fingerprint density at radius 1 is 1.14 bits per heavy atom. The van der Waals surface area contributed by atoms with Gasteiger partial charge >= 0.3 is 0 Å². The number of rotatable bonds is 8. The van der Waals surface area contributed by atoms with Gasteiger partial charge in [-0.3, -0.25) is 4.79 Å². The fraction of sp³-hybridized carbons (Fsp3) is 0.500. The second-order valence-electron chi connectivity index (χ2n) is 7.79. The summed E-state index contributed by atoms with van der Waals surface area (Å²) in [5, 5.41) is 5.18. The molecule has 2 heterocycles. The first-order valence-electron chi connectivity index (χ1n) is 10.2. The molecule has 3 rings (SSSR count). The standard InChI is InChI=1S/C22H31N3O3S/c1-16-12-19(27-3)20(28-4)13-18(16)14-24-7-9-25(10-8-24)15-22(26)23-17(2)21-6-5-11-29-21/h5-6,11-13,17H,7-10,14-15H2,1-4H3,(H,23,26)/p+2/t17-/m1/s1. The molecular formula is C22H33N3O3S+2. The summed E-state index contributed by atoms with van der Waals surface area (Å²) in [5.74, 6) is 1.70. The smallest absolute Gasteiger partial charge is 0.275 e. The Labute approximate surface area is 177 Å². The predicted molar refractivity (Wildman–Crippen MR) is 115 cm³/mol. The highest BCUT2D eigenvalue weighted by Crippen LogP contribution is 2.29. The van der Waals surface area contributed by atoms with E-state index in [-0.39, 0.29) is 11.9 Å². The number of methoxy groups -OCH3 is 2. The third-order valence-corrected chi connectivity index (χ3v) is 6.76. The zero-order chi connectivity index (χ0) is 20.8. The van der Waals surface area contributed by atoms with Crippen LogP contribution in [0.1, 0.15) is 29.0 Å². The van der Waals surface area contributed by atoms with Crippen LogP contribution < -0.4 is 24.6 Å². The monoisotopic (exact) mass is 419 g/mol. The first kappa shape index (κ1) is 21.6. The number of amides is 1. The minimum Gasteiger partial charge on any atom is -0.493 e. The summed E-state index contributed by atoms with van der Waals surface area (Å²) in [4.78, 5) is 16.5. The summed E-state index contributed by atoms with van der Waals surface area (Å²) in [5.41, 5.74) is 2.52. The number of thiophene rings is 1. The molecule has 1 saturated heterocycles. The van der Waals surface area contributed by atoms with Crippen molar-refractivity contribution in [1.29, 1.82) is 0 Å². The van der Waals surface area contributed by atoms with Crippen LogP contribution in [0.5, 0.6) is 11.5 Å². The van der Waals surface area contributed by atoms with Crippen molar-refractivity contribution in [3.8, 4) is 11.5 Å². The van der Waals surface area contributed by atoms with Gasteiger partial charge in [0.05, 0.1) is 20.3 Å². The molecule has 1 aromatic carbocycles. The molecule has 29 heavy (non-hydrogen) atoms. The molecule has 158 valence electrons. The van der Waals surface area contributed by atoms with E-state index < -0.39 is 0 Å². The van der Waals surface area contributed by atoms with E-state index >= 15 is 0 Å². The van der Waals surface area contributed by atoms with Crippen LogP contribution in [-0.4, -0.2) is 52.9 Å². The molecule has 1 aromatic heterocycles. The predicted octanol–water partition coefficient (Wildman–Crippen LogP) is 0.235. The molecular weight excluding hydrogens is 386 g/mol. The van der Waals surface area contributed by atoms with Gasteiger partial charge in [0.15, 0.2) is 18.0 Å². The van der Waals surface area contributed by atoms with E-state index in [2.05, 4.69) is 24.4 Å². The number of carbonyl (C=O) groups excluding carboxylic acids is 1. The second kappa shape index (κ2) is 10.1. The number of carbonyl (C=O) groups is 1. The number of quaternary nitrogens is 2. The van der Waals surface area contributed by atoms with Crippen LogP contribution in [0.2, 0.25) is 0 Å². The van der Waals surface area contributed by atoms with Crippen molar-refractivity contribution in [1.82, 2.24) is 5.32 Å². The van der Waals surface area contributed by atoms with Crippen LogP contribution >= 0.6 is 11.3 Å². The lowest BCUT2D eigenvalue weighted by atomic mass is 10.1. The van der Waals surface area contributed by atoms with Gasteiger partial charge in [-0.05, 0) is 43.0 Å². The zero-order valence-corrected chi connectivity index (χ0v) is 18.7. The van der Waals surface area contributed by atoms with Gasteiger partial charge in [-0.25, -0.2) is 0 Å². The summed E-state index contributed by atoms with van der Waals surface area (Å²) >= 11 is 1.68. The number of piperazine rings is 1. The Bertz CT molecular complexity index is 802. The summed E-state index contributed by atoms with van der Waals surface area (Å²) in [7, 11) is 3.35. The van der Waals surface area contributed by atoms with Crippen LogP contribution in [0.3, 0.4) is 0 Å². The molecule has 1 atom stereocenters. The maximum Gasteiger partial charge on any atom is 0.275 e. The molecule has 7 heteroatoms. The molecule has 0 radical (unpaired) electrons. The molecule has 0 bridgehead atoms. The Hall–Kier alpha value is -2.09. The van der Waals surface area contributed by atoms with E-state index in [1.165, 1.54) is 20.9 Å². The second-order valence-corrected chi connectivity index (χ2v) is 8.77. The van der Waals surface area contributed by atoms with E-state index in [0.29, 0.717) is 6.54 Å². The third kappa shape index (κ3) is 5.72. The maximum atomic E-state index is 12.4. The Kier molecular flexibility index (Phi) is 7.52.